The summed E-state index contributed by atoms with van der Waals surface area (Å²) < 4.78 is 0. The van der Waals surface area contributed by atoms with Crippen LogP contribution in [0.1, 0.15) is 40.0 Å². The maximum Gasteiger partial charge on any atom is -0.00196 e. The van der Waals surface area contributed by atoms with Crippen LogP contribution in [0.4, 0.5) is 0 Å². The van der Waals surface area contributed by atoms with Gasteiger partial charge >= 0.3 is 0 Å². The zero-order chi connectivity index (χ0) is 10.4. The van der Waals surface area contributed by atoms with Crippen molar-refractivity contribution in [2.24, 2.45) is 11.3 Å². The molecule has 2 N–H and O–H groups in total. The first-order valence-corrected chi connectivity index (χ1v) is 5.99. The van der Waals surface area contributed by atoms with Crippen molar-refractivity contribution in [1.82, 2.24) is 10.6 Å². The van der Waals surface area contributed by atoms with Crippen LogP contribution in [0.5, 0.6) is 0 Å². The second-order valence-electron chi connectivity index (χ2n) is 5.71. The van der Waals surface area contributed by atoms with Crippen LogP contribution in [0.3, 0.4) is 0 Å². The van der Waals surface area contributed by atoms with Crippen LogP contribution in [0.15, 0.2) is 0 Å². The Bertz CT molecular complexity index is 143. The van der Waals surface area contributed by atoms with Crippen molar-refractivity contribution in [3.05, 3.63) is 0 Å². The van der Waals surface area contributed by atoms with Crippen LogP contribution in [-0.4, -0.2) is 26.2 Å². The Morgan fingerprint density at radius 2 is 2.07 bits per heavy atom. The molecule has 1 aliphatic rings. The van der Waals surface area contributed by atoms with Crippen LogP contribution in [0.2, 0.25) is 0 Å². The molecule has 0 aliphatic carbocycles. The summed E-state index contributed by atoms with van der Waals surface area (Å²) >= 11 is 0. The zero-order valence-electron chi connectivity index (χ0n) is 10.0. The van der Waals surface area contributed by atoms with E-state index < -0.39 is 0 Å². The average molecular weight is 198 g/mol. The third kappa shape index (κ3) is 5.61. The molecule has 1 aliphatic heterocycles. The Hall–Kier alpha value is -0.0800. The summed E-state index contributed by atoms with van der Waals surface area (Å²) in [4.78, 5) is 0. The lowest BCUT2D eigenvalue weighted by Crippen LogP contribution is -2.23. The summed E-state index contributed by atoms with van der Waals surface area (Å²) in [5.41, 5.74) is 0.474. The highest BCUT2D eigenvalue weighted by atomic mass is 14.9. The molecule has 1 unspecified atom stereocenters. The van der Waals surface area contributed by atoms with Gasteiger partial charge in [-0.05, 0) is 56.8 Å². The SMILES string of the molecule is CC(C)(C)CCNCCC1CCNC1. The lowest BCUT2D eigenvalue weighted by Gasteiger charge is -2.18. The van der Waals surface area contributed by atoms with Crippen LogP contribution in [0.25, 0.3) is 0 Å². The van der Waals surface area contributed by atoms with E-state index in [1.54, 1.807) is 0 Å². The van der Waals surface area contributed by atoms with E-state index in [-0.39, 0.29) is 0 Å². The van der Waals surface area contributed by atoms with Crippen LogP contribution in [0, 0.1) is 11.3 Å². The maximum atomic E-state index is 3.54. The fourth-order valence-electron chi connectivity index (χ4n) is 1.86. The normalized spacial score (nSPS) is 22.9. The molecule has 0 bridgehead atoms. The quantitative estimate of drug-likeness (QED) is 0.660. The van der Waals surface area contributed by atoms with Gasteiger partial charge in [-0.3, -0.25) is 0 Å². The summed E-state index contributed by atoms with van der Waals surface area (Å²) in [5.74, 6) is 0.928. The molecule has 1 rings (SSSR count). The Morgan fingerprint density at radius 3 is 2.64 bits per heavy atom. The number of hydrogen-bond acceptors (Lipinski definition) is 2. The van der Waals surface area contributed by atoms with Crippen molar-refractivity contribution in [2.45, 2.75) is 40.0 Å². The van der Waals surface area contributed by atoms with Gasteiger partial charge in [-0.25, -0.2) is 0 Å². The van der Waals surface area contributed by atoms with Gasteiger partial charge < -0.3 is 10.6 Å². The van der Waals surface area contributed by atoms with Gasteiger partial charge in [0.05, 0.1) is 0 Å². The third-order valence-electron chi connectivity index (χ3n) is 2.94. The summed E-state index contributed by atoms with van der Waals surface area (Å²) in [6, 6.07) is 0. The second-order valence-corrected chi connectivity index (χ2v) is 5.71. The highest BCUT2D eigenvalue weighted by Crippen LogP contribution is 2.17. The average Bonchev–Trinajstić information content (AvgIpc) is 2.54. The van der Waals surface area contributed by atoms with Crippen LogP contribution < -0.4 is 10.6 Å². The van der Waals surface area contributed by atoms with Gasteiger partial charge in [-0.1, -0.05) is 20.8 Å². The van der Waals surface area contributed by atoms with Crippen molar-refractivity contribution in [3.63, 3.8) is 0 Å². The van der Waals surface area contributed by atoms with E-state index in [1.165, 1.54) is 45.4 Å². The Kier molecular flexibility index (Phi) is 4.90. The van der Waals surface area contributed by atoms with Crippen molar-refractivity contribution >= 4 is 0 Å². The molecule has 2 heteroatoms. The van der Waals surface area contributed by atoms with Gasteiger partial charge in [-0.15, -0.1) is 0 Å². The predicted molar refractivity (Wildman–Crippen MR) is 62.5 cm³/mol. The van der Waals surface area contributed by atoms with E-state index >= 15 is 0 Å². The molecule has 14 heavy (non-hydrogen) atoms. The lowest BCUT2D eigenvalue weighted by atomic mass is 9.92. The Labute approximate surface area is 88.8 Å². The molecule has 1 heterocycles. The fourth-order valence-corrected chi connectivity index (χ4v) is 1.86. The molecule has 84 valence electrons. The summed E-state index contributed by atoms with van der Waals surface area (Å²) in [5, 5.41) is 6.95. The van der Waals surface area contributed by atoms with E-state index in [1.807, 2.05) is 0 Å². The van der Waals surface area contributed by atoms with Crippen LogP contribution >= 0.6 is 0 Å². The number of rotatable bonds is 5. The van der Waals surface area contributed by atoms with Gasteiger partial charge in [0.2, 0.25) is 0 Å². The topological polar surface area (TPSA) is 24.1 Å². The second kappa shape index (κ2) is 5.72. The van der Waals surface area contributed by atoms with Crippen LogP contribution in [-0.2, 0) is 0 Å². The highest BCUT2D eigenvalue weighted by Gasteiger charge is 2.13. The summed E-state index contributed by atoms with van der Waals surface area (Å²) in [6.45, 7) is 11.7. The molecular formula is C12H26N2. The largest absolute Gasteiger partial charge is 0.317 e. The van der Waals surface area contributed by atoms with Crippen molar-refractivity contribution in [1.29, 1.82) is 0 Å². The highest BCUT2D eigenvalue weighted by molar-refractivity contribution is 4.72. The minimum atomic E-state index is 0.474. The third-order valence-corrected chi connectivity index (χ3v) is 2.94. The number of nitrogens with one attached hydrogen (secondary N) is 2. The molecule has 2 nitrogen and oxygen atoms in total. The Morgan fingerprint density at radius 1 is 1.29 bits per heavy atom. The Balaban J connectivity index is 1.89. The molecule has 1 saturated heterocycles. The molecule has 0 spiro atoms. The van der Waals surface area contributed by atoms with Gasteiger partial charge in [0.1, 0.15) is 0 Å². The van der Waals surface area contributed by atoms with Gasteiger partial charge in [0.15, 0.2) is 0 Å². The van der Waals surface area contributed by atoms with Crippen molar-refractivity contribution in [3.8, 4) is 0 Å². The van der Waals surface area contributed by atoms with E-state index in [2.05, 4.69) is 31.4 Å². The van der Waals surface area contributed by atoms with Gasteiger partial charge in [0.25, 0.3) is 0 Å². The first kappa shape index (κ1) is 12.0. The summed E-state index contributed by atoms with van der Waals surface area (Å²) in [6.07, 6.45) is 3.99. The first-order valence-electron chi connectivity index (χ1n) is 5.99. The molecule has 1 atom stereocenters. The molecule has 0 aromatic rings. The molecule has 0 aromatic heterocycles. The monoisotopic (exact) mass is 198 g/mol. The zero-order valence-corrected chi connectivity index (χ0v) is 10.0. The molecule has 0 radical (unpaired) electrons. The molecule has 0 amide bonds. The van der Waals surface area contributed by atoms with E-state index in [9.17, 15) is 0 Å². The van der Waals surface area contributed by atoms with Gasteiger partial charge in [0, 0.05) is 0 Å². The smallest absolute Gasteiger partial charge is 0.00196 e. The predicted octanol–water partition coefficient (Wildman–Crippen LogP) is 2.01. The minimum Gasteiger partial charge on any atom is -0.317 e. The summed E-state index contributed by atoms with van der Waals surface area (Å²) in [7, 11) is 0. The van der Waals surface area contributed by atoms with E-state index in [4.69, 9.17) is 0 Å². The molecule has 0 saturated carbocycles. The van der Waals surface area contributed by atoms with E-state index in [0.717, 1.165) is 5.92 Å². The lowest BCUT2D eigenvalue weighted by molar-refractivity contribution is 0.363. The first-order chi connectivity index (χ1) is 6.58. The van der Waals surface area contributed by atoms with Crippen molar-refractivity contribution < 1.29 is 0 Å². The molecular weight excluding hydrogens is 172 g/mol. The van der Waals surface area contributed by atoms with E-state index in [0.29, 0.717) is 5.41 Å². The maximum absolute atomic E-state index is 3.54. The minimum absolute atomic E-state index is 0.474. The fraction of sp³-hybridized carbons (Fsp3) is 1.00. The molecule has 0 aromatic carbocycles. The number of hydrogen-bond donors (Lipinski definition) is 2. The standard InChI is InChI=1S/C12H26N2/c1-12(2,3)6-9-13-7-4-11-5-8-14-10-11/h11,13-14H,4-10H2,1-3H3. The van der Waals surface area contributed by atoms with Gasteiger partial charge in [-0.2, -0.15) is 0 Å². The molecule has 1 fully saturated rings. The van der Waals surface area contributed by atoms with Crippen molar-refractivity contribution in [2.75, 3.05) is 26.2 Å².